The van der Waals surface area contributed by atoms with Gasteiger partial charge in [-0.3, -0.25) is 4.79 Å². The minimum Gasteiger partial charge on any atom is -0.481 e. The van der Waals surface area contributed by atoms with Gasteiger partial charge in [-0.1, -0.05) is 0 Å². The van der Waals surface area contributed by atoms with Crippen LogP contribution in [0.15, 0.2) is 0 Å². The van der Waals surface area contributed by atoms with Crippen molar-refractivity contribution in [3.63, 3.8) is 0 Å². The number of carboxylic acid groups (broad SMARTS) is 1. The lowest BCUT2D eigenvalue weighted by molar-refractivity contribution is -0.148. The van der Waals surface area contributed by atoms with Gasteiger partial charge >= 0.3 is 5.97 Å². The molecular formula is C9H16ClNO2. The first-order valence-corrected chi connectivity index (χ1v) is 4.68. The van der Waals surface area contributed by atoms with Gasteiger partial charge < -0.3 is 10.8 Å². The molecule has 0 aromatic rings. The third kappa shape index (κ3) is 1.67. The fourth-order valence-electron chi connectivity index (χ4n) is 2.86. The summed E-state index contributed by atoms with van der Waals surface area (Å²) >= 11 is 0. The van der Waals surface area contributed by atoms with E-state index in [2.05, 4.69) is 0 Å². The van der Waals surface area contributed by atoms with E-state index in [1.807, 2.05) is 0 Å². The maximum atomic E-state index is 10.9. The lowest BCUT2D eigenvalue weighted by atomic mass is 9.62. The Bertz CT molecular complexity index is 200. The van der Waals surface area contributed by atoms with Crippen molar-refractivity contribution in [1.82, 2.24) is 0 Å². The molecule has 0 aliphatic heterocycles. The molecule has 0 amide bonds. The highest BCUT2D eigenvalue weighted by atomic mass is 35.5. The summed E-state index contributed by atoms with van der Waals surface area (Å²) in [6.45, 7) is 0. The number of carbonyl (C=O) groups is 1. The van der Waals surface area contributed by atoms with E-state index in [1.165, 1.54) is 0 Å². The Balaban J connectivity index is 0.000000845. The van der Waals surface area contributed by atoms with Crippen LogP contribution in [0, 0.1) is 17.8 Å². The topological polar surface area (TPSA) is 63.3 Å². The van der Waals surface area contributed by atoms with Crippen LogP contribution in [0.2, 0.25) is 0 Å². The minimum atomic E-state index is -0.683. The third-order valence-electron chi connectivity index (χ3n) is 3.57. The molecule has 3 rings (SSSR count). The van der Waals surface area contributed by atoms with E-state index in [9.17, 15) is 4.79 Å². The second-order valence-electron chi connectivity index (χ2n) is 4.12. The number of rotatable bonds is 1. The maximum Gasteiger partial charge on any atom is 0.308 e. The molecule has 2 atom stereocenters. The minimum absolute atomic E-state index is 0. The number of carboxylic acids is 1. The van der Waals surface area contributed by atoms with Gasteiger partial charge in [0.05, 0.1) is 5.92 Å². The van der Waals surface area contributed by atoms with Crippen LogP contribution in [0.3, 0.4) is 0 Å². The average Bonchev–Trinajstić information content (AvgIpc) is 2.05. The van der Waals surface area contributed by atoms with Gasteiger partial charge in [-0.25, -0.2) is 0 Å². The molecule has 76 valence electrons. The van der Waals surface area contributed by atoms with Crippen LogP contribution in [0.5, 0.6) is 0 Å². The number of fused-ring (bicyclic) bond motifs is 3. The molecule has 3 fully saturated rings. The van der Waals surface area contributed by atoms with Gasteiger partial charge in [0, 0.05) is 6.04 Å². The summed E-state index contributed by atoms with van der Waals surface area (Å²) < 4.78 is 0. The van der Waals surface area contributed by atoms with Gasteiger partial charge in [-0.15, -0.1) is 12.4 Å². The standard InChI is InChI=1S/C9H15NO2.ClH/c10-8-6-3-1-5(2-4-6)7(8)9(11)12;/h5-8H,1-4,10H2,(H,11,12);1H/t5?,6?,7-,8+;/m1./s1. The number of nitrogens with two attached hydrogens (primary N) is 1. The Morgan fingerprint density at radius 3 is 1.92 bits per heavy atom. The average molecular weight is 206 g/mol. The third-order valence-corrected chi connectivity index (χ3v) is 3.57. The maximum absolute atomic E-state index is 10.9. The number of hydrogen-bond acceptors (Lipinski definition) is 2. The second kappa shape index (κ2) is 3.84. The first-order valence-electron chi connectivity index (χ1n) is 4.68. The van der Waals surface area contributed by atoms with E-state index in [1.54, 1.807) is 0 Å². The molecule has 0 spiro atoms. The highest BCUT2D eigenvalue weighted by Crippen LogP contribution is 2.44. The molecule has 0 heterocycles. The molecule has 4 heteroatoms. The Hall–Kier alpha value is -0.280. The summed E-state index contributed by atoms with van der Waals surface area (Å²) in [4.78, 5) is 10.9. The summed E-state index contributed by atoms with van der Waals surface area (Å²) in [6, 6.07) is -0.0741. The summed E-state index contributed by atoms with van der Waals surface area (Å²) in [5, 5.41) is 8.95. The summed E-state index contributed by atoms with van der Waals surface area (Å²) in [5.41, 5.74) is 5.88. The predicted molar refractivity (Wildman–Crippen MR) is 51.8 cm³/mol. The second-order valence-corrected chi connectivity index (χ2v) is 4.12. The molecule has 3 aliphatic carbocycles. The SMILES string of the molecule is Cl.N[C@H]1C2CCC(CC2)[C@H]1C(=O)O. The Morgan fingerprint density at radius 2 is 1.62 bits per heavy atom. The lowest BCUT2D eigenvalue weighted by Crippen LogP contribution is -2.52. The quantitative estimate of drug-likeness (QED) is 0.678. The molecule has 3 aliphatic rings. The van der Waals surface area contributed by atoms with Crippen molar-refractivity contribution in [2.75, 3.05) is 0 Å². The van der Waals surface area contributed by atoms with Gasteiger partial charge in [-0.2, -0.15) is 0 Å². The van der Waals surface area contributed by atoms with Crippen LogP contribution < -0.4 is 5.73 Å². The molecule has 0 saturated heterocycles. The molecule has 3 nitrogen and oxygen atoms in total. The highest BCUT2D eigenvalue weighted by molar-refractivity contribution is 5.85. The normalized spacial score (nSPS) is 42.5. The fourth-order valence-corrected chi connectivity index (χ4v) is 2.86. The van der Waals surface area contributed by atoms with Crippen molar-refractivity contribution >= 4 is 18.4 Å². The summed E-state index contributed by atoms with van der Waals surface area (Å²) in [7, 11) is 0. The first kappa shape index (κ1) is 10.8. The molecule has 0 aromatic heterocycles. The van der Waals surface area contributed by atoms with E-state index in [-0.39, 0.29) is 24.4 Å². The first-order chi connectivity index (χ1) is 5.70. The Labute approximate surface area is 84.1 Å². The monoisotopic (exact) mass is 205 g/mol. The van der Waals surface area contributed by atoms with E-state index in [4.69, 9.17) is 10.8 Å². The number of aliphatic carboxylic acids is 1. The molecule has 2 bridgehead atoms. The zero-order valence-electron chi connectivity index (χ0n) is 7.48. The van der Waals surface area contributed by atoms with Crippen LogP contribution in [-0.4, -0.2) is 17.1 Å². The van der Waals surface area contributed by atoms with Gasteiger partial charge in [0.1, 0.15) is 0 Å². The molecule has 13 heavy (non-hydrogen) atoms. The fraction of sp³-hybridized carbons (Fsp3) is 0.889. The zero-order chi connectivity index (χ0) is 8.72. The van der Waals surface area contributed by atoms with Crippen molar-refractivity contribution in [1.29, 1.82) is 0 Å². The highest BCUT2D eigenvalue weighted by Gasteiger charge is 2.45. The van der Waals surface area contributed by atoms with Crippen LogP contribution in [0.4, 0.5) is 0 Å². The Kier molecular flexibility index (Phi) is 3.19. The Morgan fingerprint density at radius 1 is 1.15 bits per heavy atom. The largest absolute Gasteiger partial charge is 0.481 e. The molecule has 3 saturated carbocycles. The van der Waals surface area contributed by atoms with Crippen LogP contribution in [-0.2, 0) is 4.79 Å². The molecule has 0 unspecified atom stereocenters. The summed E-state index contributed by atoms with van der Waals surface area (Å²) in [5.74, 6) is -0.0898. The molecule has 3 N–H and O–H groups in total. The van der Waals surface area contributed by atoms with Gasteiger partial charge in [0.25, 0.3) is 0 Å². The van der Waals surface area contributed by atoms with Crippen molar-refractivity contribution in [3.8, 4) is 0 Å². The van der Waals surface area contributed by atoms with Crippen LogP contribution in [0.1, 0.15) is 25.7 Å². The van der Waals surface area contributed by atoms with Crippen molar-refractivity contribution in [3.05, 3.63) is 0 Å². The van der Waals surface area contributed by atoms with E-state index in [0.717, 1.165) is 25.7 Å². The smallest absolute Gasteiger partial charge is 0.308 e. The lowest BCUT2D eigenvalue weighted by Gasteiger charge is -2.45. The van der Waals surface area contributed by atoms with Crippen LogP contribution in [0.25, 0.3) is 0 Å². The van der Waals surface area contributed by atoms with Crippen molar-refractivity contribution < 1.29 is 9.90 Å². The van der Waals surface area contributed by atoms with Crippen molar-refractivity contribution in [2.45, 2.75) is 31.7 Å². The van der Waals surface area contributed by atoms with E-state index < -0.39 is 5.97 Å². The van der Waals surface area contributed by atoms with E-state index in [0.29, 0.717) is 11.8 Å². The molecular weight excluding hydrogens is 190 g/mol. The summed E-state index contributed by atoms with van der Waals surface area (Å²) in [6.07, 6.45) is 4.45. The van der Waals surface area contributed by atoms with Crippen molar-refractivity contribution in [2.24, 2.45) is 23.5 Å². The van der Waals surface area contributed by atoms with Gasteiger partial charge in [-0.05, 0) is 37.5 Å². The number of hydrogen-bond donors (Lipinski definition) is 2. The molecule has 0 radical (unpaired) electrons. The van der Waals surface area contributed by atoms with Gasteiger partial charge in [0.2, 0.25) is 0 Å². The zero-order valence-corrected chi connectivity index (χ0v) is 8.30. The number of halogens is 1. The van der Waals surface area contributed by atoms with Crippen LogP contribution >= 0.6 is 12.4 Å². The predicted octanol–water partition coefficient (Wildman–Crippen LogP) is 1.26. The van der Waals surface area contributed by atoms with E-state index >= 15 is 0 Å². The molecule has 0 aromatic carbocycles. The van der Waals surface area contributed by atoms with Gasteiger partial charge in [0.15, 0.2) is 0 Å².